The van der Waals surface area contributed by atoms with Crippen molar-refractivity contribution < 1.29 is 9.90 Å². The van der Waals surface area contributed by atoms with Gasteiger partial charge in [0, 0.05) is 16.3 Å². The summed E-state index contributed by atoms with van der Waals surface area (Å²) in [7, 11) is 0. The molecular formula is C16H15Cl2N3O2. The molecule has 7 heteroatoms. The van der Waals surface area contributed by atoms with E-state index < -0.39 is 0 Å². The Labute approximate surface area is 143 Å². The number of nitrogens with zero attached hydrogens (tertiary/aromatic N) is 1. The van der Waals surface area contributed by atoms with Gasteiger partial charge >= 0.3 is 0 Å². The topological polar surface area (TPSA) is 73.7 Å². The van der Waals surface area contributed by atoms with Crippen LogP contribution in [0, 0.1) is 0 Å². The summed E-state index contributed by atoms with van der Waals surface area (Å²) >= 11 is 11.8. The molecule has 0 spiro atoms. The number of amides is 1. The second kappa shape index (κ2) is 7.85. The number of halogens is 2. The molecule has 0 heterocycles. The second-order valence-electron chi connectivity index (χ2n) is 4.74. The first kappa shape index (κ1) is 17.1. The van der Waals surface area contributed by atoms with Crippen LogP contribution in [0.4, 0.5) is 5.69 Å². The maximum absolute atomic E-state index is 11.8. The monoisotopic (exact) mass is 351 g/mol. The molecule has 120 valence electrons. The van der Waals surface area contributed by atoms with E-state index in [2.05, 4.69) is 15.8 Å². The number of nitrogens with one attached hydrogen (secondary N) is 2. The smallest absolute Gasteiger partial charge is 0.259 e. The fourth-order valence-corrected chi connectivity index (χ4v) is 2.32. The van der Waals surface area contributed by atoms with Gasteiger partial charge in [0.25, 0.3) is 5.91 Å². The maximum atomic E-state index is 11.8. The number of hydrogen-bond acceptors (Lipinski definition) is 4. The van der Waals surface area contributed by atoms with Gasteiger partial charge in [0.05, 0.1) is 17.3 Å². The van der Waals surface area contributed by atoms with Crippen LogP contribution in [-0.2, 0) is 4.79 Å². The Morgan fingerprint density at radius 2 is 1.91 bits per heavy atom. The van der Waals surface area contributed by atoms with Gasteiger partial charge in [0.15, 0.2) is 0 Å². The first-order chi connectivity index (χ1) is 11.0. The van der Waals surface area contributed by atoms with Crippen LogP contribution >= 0.6 is 23.2 Å². The maximum Gasteiger partial charge on any atom is 0.259 e. The zero-order valence-electron chi connectivity index (χ0n) is 12.3. The first-order valence-electron chi connectivity index (χ1n) is 6.78. The average molecular weight is 352 g/mol. The number of para-hydroxylation sites is 1. The third kappa shape index (κ3) is 4.87. The molecule has 3 N–H and O–H groups in total. The van der Waals surface area contributed by atoms with E-state index in [0.29, 0.717) is 16.3 Å². The van der Waals surface area contributed by atoms with E-state index >= 15 is 0 Å². The van der Waals surface area contributed by atoms with Crippen molar-refractivity contribution in [3.63, 3.8) is 0 Å². The molecule has 2 aromatic rings. The Morgan fingerprint density at radius 3 is 2.61 bits per heavy atom. The lowest BCUT2D eigenvalue weighted by Gasteiger charge is -2.08. The number of hydrazone groups is 1. The van der Waals surface area contributed by atoms with Crippen LogP contribution in [-0.4, -0.2) is 23.3 Å². The lowest BCUT2D eigenvalue weighted by atomic mass is 10.1. The third-order valence-corrected chi connectivity index (χ3v) is 3.50. The number of anilines is 1. The fraction of sp³-hybridized carbons (Fsp3) is 0.125. The lowest BCUT2D eigenvalue weighted by Crippen LogP contribution is -2.26. The van der Waals surface area contributed by atoms with Gasteiger partial charge in [-0.1, -0.05) is 41.4 Å². The summed E-state index contributed by atoms with van der Waals surface area (Å²) in [6.45, 7) is 1.70. The molecule has 1 amide bonds. The van der Waals surface area contributed by atoms with Crippen molar-refractivity contribution in [2.75, 3.05) is 11.9 Å². The Hall–Kier alpha value is -2.24. The van der Waals surface area contributed by atoms with Gasteiger partial charge in [-0.3, -0.25) is 4.79 Å². The highest BCUT2D eigenvalue weighted by Crippen LogP contribution is 2.31. The number of hydrogen-bond donors (Lipinski definition) is 3. The SMILES string of the molecule is C/C(=N\NC(=O)CNc1ccccc1)c1cc(Cl)cc(Cl)c1O. The van der Waals surface area contributed by atoms with Crippen molar-refractivity contribution >= 4 is 40.5 Å². The molecule has 0 unspecified atom stereocenters. The average Bonchev–Trinajstić information content (AvgIpc) is 2.55. The summed E-state index contributed by atoms with van der Waals surface area (Å²) in [5, 5.41) is 17.3. The predicted octanol–water partition coefficient (Wildman–Crippen LogP) is 3.65. The number of aromatic hydroxyl groups is 1. The molecule has 0 fully saturated rings. The van der Waals surface area contributed by atoms with Crippen LogP contribution in [0.15, 0.2) is 47.6 Å². The van der Waals surface area contributed by atoms with E-state index in [1.54, 1.807) is 6.92 Å². The Morgan fingerprint density at radius 1 is 1.22 bits per heavy atom. The largest absolute Gasteiger partial charge is 0.506 e. The number of rotatable bonds is 5. The van der Waals surface area contributed by atoms with Gasteiger partial charge in [-0.2, -0.15) is 5.10 Å². The molecule has 2 rings (SSSR count). The molecule has 0 aromatic heterocycles. The van der Waals surface area contributed by atoms with Gasteiger partial charge in [0.1, 0.15) is 5.75 Å². The summed E-state index contributed by atoms with van der Waals surface area (Å²) in [6, 6.07) is 12.3. The number of phenols is 1. The van der Waals surface area contributed by atoms with Crippen molar-refractivity contribution in [2.45, 2.75) is 6.92 Å². The van der Waals surface area contributed by atoms with Crippen molar-refractivity contribution in [1.82, 2.24) is 5.43 Å². The molecule has 0 radical (unpaired) electrons. The molecule has 0 saturated carbocycles. The summed E-state index contributed by atoms with van der Waals surface area (Å²) < 4.78 is 0. The normalized spacial score (nSPS) is 11.2. The quantitative estimate of drug-likeness (QED) is 0.568. The van der Waals surface area contributed by atoms with Crippen LogP contribution in [0.5, 0.6) is 5.75 Å². The van der Waals surface area contributed by atoms with Gasteiger partial charge in [-0.15, -0.1) is 0 Å². The zero-order valence-corrected chi connectivity index (χ0v) is 13.8. The van der Waals surface area contributed by atoms with Gasteiger partial charge in [-0.25, -0.2) is 5.43 Å². The van der Waals surface area contributed by atoms with Crippen molar-refractivity contribution in [3.8, 4) is 5.75 Å². The number of phenolic OH excluding ortho intramolecular Hbond substituents is 1. The molecular weight excluding hydrogens is 337 g/mol. The second-order valence-corrected chi connectivity index (χ2v) is 5.58. The number of carbonyl (C=O) groups excluding carboxylic acids is 1. The highest BCUT2D eigenvalue weighted by Gasteiger charge is 2.11. The van der Waals surface area contributed by atoms with E-state index in [0.717, 1.165) is 5.69 Å². The lowest BCUT2D eigenvalue weighted by molar-refractivity contribution is -0.119. The molecule has 0 aliphatic carbocycles. The fourth-order valence-electron chi connectivity index (χ4n) is 1.83. The van der Waals surface area contributed by atoms with Crippen LogP contribution in [0.3, 0.4) is 0 Å². The van der Waals surface area contributed by atoms with E-state index in [-0.39, 0.29) is 23.2 Å². The highest BCUT2D eigenvalue weighted by molar-refractivity contribution is 6.36. The molecule has 23 heavy (non-hydrogen) atoms. The van der Waals surface area contributed by atoms with Crippen molar-refractivity contribution in [3.05, 3.63) is 58.1 Å². The first-order valence-corrected chi connectivity index (χ1v) is 7.53. The van der Waals surface area contributed by atoms with E-state index in [1.807, 2.05) is 30.3 Å². The van der Waals surface area contributed by atoms with Gasteiger partial charge < -0.3 is 10.4 Å². The highest BCUT2D eigenvalue weighted by atomic mass is 35.5. The van der Waals surface area contributed by atoms with Crippen LogP contribution < -0.4 is 10.7 Å². The molecule has 0 atom stereocenters. The van der Waals surface area contributed by atoms with E-state index in [4.69, 9.17) is 23.2 Å². The molecule has 0 saturated heterocycles. The Kier molecular flexibility index (Phi) is 5.84. The molecule has 2 aromatic carbocycles. The molecule has 0 bridgehead atoms. The standard InChI is InChI=1S/C16H15Cl2N3O2/c1-10(13-7-11(17)8-14(18)16(13)23)20-21-15(22)9-19-12-5-3-2-4-6-12/h2-8,19,23H,9H2,1H3,(H,21,22)/b20-10+. The zero-order chi connectivity index (χ0) is 16.8. The predicted molar refractivity (Wildman–Crippen MR) is 93.4 cm³/mol. The summed E-state index contributed by atoms with van der Waals surface area (Å²) in [4.78, 5) is 11.8. The van der Waals surface area contributed by atoms with E-state index in [1.165, 1.54) is 12.1 Å². The molecule has 5 nitrogen and oxygen atoms in total. The molecule has 0 aliphatic rings. The summed E-state index contributed by atoms with van der Waals surface area (Å²) in [5.41, 5.74) is 3.99. The molecule has 0 aliphatic heterocycles. The van der Waals surface area contributed by atoms with Crippen LogP contribution in [0.2, 0.25) is 10.0 Å². The van der Waals surface area contributed by atoms with Gasteiger partial charge in [-0.05, 0) is 31.2 Å². The summed E-state index contributed by atoms with van der Waals surface area (Å²) in [5.74, 6) is -0.449. The van der Waals surface area contributed by atoms with Crippen molar-refractivity contribution in [2.24, 2.45) is 5.10 Å². The Bertz CT molecular complexity index is 734. The Balaban J connectivity index is 1.98. The van der Waals surface area contributed by atoms with Crippen LogP contribution in [0.25, 0.3) is 0 Å². The minimum atomic E-state index is -0.319. The number of carbonyl (C=O) groups is 1. The number of benzene rings is 2. The third-order valence-electron chi connectivity index (χ3n) is 2.99. The van der Waals surface area contributed by atoms with E-state index in [9.17, 15) is 9.90 Å². The van der Waals surface area contributed by atoms with Crippen molar-refractivity contribution in [1.29, 1.82) is 0 Å². The summed E-state index contributed by atoms with van der Waals surface area (Å²) in [6.07, 6.45) is 0. The van der Waals surface area contributed by atoms with Crippen LogP contribution in [0.1, 0.15) is 12.5 Å². The minimum absolute atomic E-state index is 0.0725. The van der Waals surface area contributed by atoms with Gasteiger partial charge in [0.2, 0.25) is 0 Å². The minimum Gasteiger partial charge on any atom is -0.506 e.